The number of nitrogens with one attached hydrogen (secondary N) is 1. The van der Waals surface area contributed by atoms with Gasteiger partial charge in [-0.25, -0.2) is 0 Å². The number of fused-ring (bicyclic) bond motifs is 1. The maximum absolute atomic E-state index is 5.68. The van der Waals surface area contributed by atoms with Crippen LogP contribution in [0.15, 0.2) is 18.3 Å². The number of hydrogen-bond acceptors (Lipinski definition) is 2. The van der Waals surface area contributed by atoms with Crippen molar-refractivity contribution in [3.63, 3.8) is 0 Å². The molecule has 0 radical (unpaired) electrons. The summed E-state index contributed by atoms with van der Waals surface area (Å²) in [5.74, 6) is 1.80. The monoisotopic (exact) mass is 219 g/mol. The number of H-pyrrole nitrogens is 1. The maximum atomic E-state index is 5.68. The van der Waals surface area contributed by atoms with Crippen LogP contribution in [-0.4, -0.2) is 18.2 Å². The van der Waals surface area contributed by atoms with Crippen LogP contribution < -0.4 is 9.47 Å². The van der Waals surface area contributed by atoms with Crippen molar-refractivity contribution in [1.29, 1.82) is 0 Å². The van der Waals surface area contributed by atoms with Gasteiger partial charge in [0.2, 0.25) is 0 Å². The van der Waals surface area contributed by atoms with E-state index in [1.807, 2.05) is 39.1 Å². The molecule has 0 aliphatic carbocycles. The first-order valence-electron chi connectivity index (χ1n) is 5.64. The Bertz CT molecular complexity index is 488. The zero-order valence-corrected chi connectivity index (χ0v) is 9.96. The van der Waals surface area contributed by atoms with Crippen LogP contribution in [0.5, 0.6) is 11.5 Å². The lowest BCUT2D eigenvalue weighted by Crippen LogP contribution is -1.99. The molecule has 3 nitrogen and oxygen atoms in total. The van der Waals surface area contributed by atoms with Crippen molar-refractivity contribution in [2.45, 2.75) is 20.8 Å². The molecular formula is C13H17NO2. The second kappa shape index (κ2) is 4.47. The summed E-state index contributed by atoms with van der Waals surface area (Å²) in [6, 6.07) is 4.08. The number of hydrogen-bond donors (Lipinski definition) is 1. The molecule has 0 bridgehead atoms. The molecule has 0 atom stereocenters. The van der Waals surface area contributed by atoms with Crippen LogP contribution in [0.1, 0.15) is 19.4 Å². The molecule has 2 aromatic rings. The van der Waals surface area contributed by atoms with Gasteiger partial charge >= 0.3 is 0 Å². The van der Waals surface area contributed by atoms with Crippen molar-refractivity contribution >= 4 is 10.9 Å². The summed E-state index contributed by atoms with van der Waals surface area (Å²) in [6.07, 6.45) is 1.92. The molecule has 0 amide bonds. The van der Waals surface area contributed by atoms with Gasteiger partial charge in [-0.3, -0.25) is 0 Å². The molecule has 1 heterocycles. The van der Waals surface area contributed by atoms with Crippen molar-refractivity contribution < 1.29 is 9.47 Å². The summed E-state index contributed by atoms with van der Waals surface area (Å²) in [4.78, 5) is 3.20. The zero-order chi connectivity index (χ0) is 11.5. The Hall–Kier alpha value is -1.64. The van der Waals surface area contributed by atoms with Crippen LogP contribution in [-0.2, 0) is 0 Å². The highest BCUT2D eigenvalue weighted by Crippen LogP contribution is 2.35. The molecule has 2 rings (SSSR count). The SMILES string of the molecule is CCOc1cc2cc[nH]c2c(OCC)c1C. The van der Waals surface area contributed by atoms with Crippen LogP contribution in [0.25, 0.3) is 10.9 Å². The minimum Gasteiger partial charge on any atom is -0.493 e. The molecule has 1 aromatic heterocycles. The Morgan fingerprint density at radius 1 is 1.19 bits per heavy atom. The first-order valence-corrected chi connectivity index (χ1v) is 5.64. The predicted octanol–water partition coefficient (Wildman–Crippen LogP) is 3.27. The summed E-state index contributed by atoms with van der Waals surface area (Å²) in [5.41, 5.74) is 2.10. The summed E-state index contributed by atoms with van der Waals surface area (Å²) in [6.45, 7) is 7.33. The number of rotatable bonds is 4. The van der Waals surface area contributed by atoms with Crippen LogP contribution in [0.2, 0.25) is 0 Å². The fourth-order valence-corrected chi connectivity index (χ4v) is 1.88. The molecule has 0 saturated heterocycles. The molecule has 0 aliphatic heterocycles. The van der Waals surface area contributed by atoms with E-state index in [1.165, 1.54) is 0 Å². The molecule has 16 heavy (non-hydrogen) atoms. The highest BCUT2D eigenvalue weighted by Gasteiger charge is 2.12. The van der Waals surface area contributed by atoms with Crippen LogP contribution >= 0.6 is 0 Å². The Morgan fingerprint density at radius 3 is 2.62 bits per heavy atom. The lowest BCUT2D eigenvalue weighted by atomic mass is 10.1. The lowest BCUT2D eigenvalue weighted by Gasteiger charge is -2.13. The van der Waals surface area contributed by atoms with E-state index in [-0.39, 0.29) is 0 Å². The number of aromatic amines is 1. The third-order valence-corrected chi connectivity index (χ3v) is 2.59. The molecule has 1 aromatic carbocycles. The van der Waals surface area contributed by atoms with E-state index in [2.05, 4.69) is 4.98 Å². The largest absolute Gasteiger partial charge is 0.493 e. The van der Waals surface area contributed by atoms with E-state index in [9.17, 15) is 0 Å². The first-order chi connectivity index (χ1) is 7.77. The summed E-state index contributed by atoms with van der Waals surface area (Å²) in [5, 5.41) is 1.12. The molecular weight excluding hydrogens is 202 g/mol. The highest BCUT2D eigenvalue weighted by molar-refractivity contribution is 5.88. The van der Waals surface area contributed by atoms with Gasteiger partial charge in [0, 0.05) is 17.1 Å². The molecule has 1 N–H and O–H groups in total. The van der Waals surface area contributed by atoms with Gasteiger partial charge < -0.3 is 14.5 Å². The van der Waals surface area contributed by atoms with Gasteiger partial charge in [0.25, 0.3) is 0 Å². The van der Waals surface area contributed by atoms with E-state index >= 15 is 0 Å². The molecule has 0 spiro atoms. The van der Waals surface area contributed by atoms with E-state index in [0.29, 0.717) is 13.2 Å². The molecule has 86 valence electrons. The quantitative estimate of drug-likeness (QED) is 0.856. The minimum atomic E-state index is 0.657. The van der Waals surface area contributed by atoms with Gasteiger partial charge in [-0.05, 0) is 32.9 Å². The molecule has 0 saturated carbocycles. The van der Waals surface area contributed by atoms with Gasteiger partial charge in [0.05, 0.1) is 18.7 Å². The minimum absolute atomic E-state index is 0.657. The average molecular weight is 219 g/mol. The Labute approximate surface area is 95.4 Å². The fourth-order valence-electron chi connectivity index (χ4n) is 1.88. The second-order valence-corrected chi connectivity index (χ2v) is 3.64. The van der Waals surface area contributed by atoms with Crippen LogP contribution in [0.3, 0.4) is 0 Å². The van der Waals surface area contributed by atoms with Crippen molar-refractivity contribution in [2.24, 2.45) is 0 Å². The third kappa shape index (κ3) is 1.73. The topological polar surface area (TPSA) is 34.2 Å². The number of ether oxygens (including phenoxy) is 2. The van der Waals surface area contributed by atoms with Crippen LogP contribution in [0, 0.1) is 6.92 Å². The summed E-state index contributed by atoms with van der Waals surface area (Å²) < 4.78 is 11.3. The van der Waals surface area contributed by atoms with Crippen LogP contribution in [0.4, 0.5) is 0 Å². The average Bonchev–Trinajstić information content (AvgIpc) is 2.72. The molecule has 0 fully saturated rings. The zero-order valence-electron chi connectivity index (χ0n) is 9.96. The lowest BCUT2D eigenvalue weighted by molar-refractivity contribution is 0.321. The standard InChI is InChI=1S/C13H17NO2/c1-4-15-11-8-10-6-7-14-12(10)13(9(11)3)16-5-2/h6-8,14H,4-5H2,1-3H3. The fraction of sp³-hybridized carbons (Fsp3) is 0.385. The molecule has 3 heteroatoms. The number of aromatic nitrogens is 1. The highest BCUT2D eigenvalue weighted by atomic mass is 16.5. The summed E-state index contributed by atoms with van der Waals surface area (Å²) in [7, 11) is 0. The Balaban J connectivity index is 2.61. The number of benzene rings is 1. The van der Waals surface area contributed by atoms with Gasteiger partial charge in [-0.2, -0.15) is 0 Å². The molecule has 0 unspecified atom stereocenters. The first kappa shape index (κ1) is 10.9. The van der Waals surface area contributed by atoms with E-state index in [0.717, 1.165) is 28.0 Å². The third-order valence-electron chi connectivity index (χ3n) is 2.59. The van der Waals surface area contributed by atoms with Crippen molar-refractivity contribution in [1.82, 2.24) is 4.98 Å². The predicted molar refractivity (Wildman–Crippen MR) is 65.4 cm³/mol. The Morgan fingerprint density at radius 2 is 1.94 bits per heavy atom. The summed E-state index contributed by atoms with van der Waals surface area (Å²) >= 11 is 0. The van der Waals surface area contributed by atoms with Crippen molar-refractivity contribution in [2.75, 3.05) is 13.2 Å². The van der Waals surface area contributed by atoms with Gasteiger partial charge in [0.1, 0.15) is 11.5 Å². The van der Waals surface area contributed by atoms with E-state index < -0.39 is 0 Å². The van der Waals surface area contributed by atoms with Gasteiger partial charge in [0.15, 0.2) is 0 Å². The van der Waals surface area contributed by atoms with Gasteiger partial charge in [-0.1, -0.05) is 0 Å². The van der Waals surface area contributed by atoms with Gasteiger partial charge in [-0.15, -0.1) is 0 Å². The Kier molecular flexibility index (Phi) is 3.04. The van der Waals surface area contributed by atoms with Crippen molar-refractivity contribution in [3.8, 4) is 11.5 Å². The smallest absolute Gasteiger partial charge is 0.149 e. The normalized spacial score (nSPS) is 10.7. The van der Waals surface area contributed by atoms with E-state index in [1.54, 1.807) is 0 Å². The van der Waals surface area contributed by atoms with E-state index in [4.69, 9.17) is 9.47 Å². The van der Waals surface area contributed by atoms with Crippen molar-refractivity contribution in [3.05, 3.63) is 23.9 Å². The second-order valence-electron chi connectivity index (χ2n) is 3.64. The maximum Gasteiger partial charge on any atom is 0.149 e. The molecule has 0 aliphatic rings.